The topological polar surface area (TPSA) is 32.3 Å². The number of amides is 1. The van der Waals surface area contributed by atoms with Gasteiger partial charge in [-0.2, -0.15) is 23.5 Å². The normalized spacial score (nSPS) is 12.3. The number of hydrogen-bond donors (Lipinski definition) is 1. The van der Waals surface area contributed by atoms with Crippen molar-refractivity contribution in [2.24, 2.45) is 0 Å². The number of nitrogens with zero attached hydrogens (tertiary/aromatic N) is 1. The Morgan fingerprint density at radius 3 is 1.59 bits per heavy atom. The number of unbranched alkanes of at least 4 members (excludes halogenated alkanes) is 18. The SMILES string of the molecule is CCCCCCCCCCCCSCC(CCC(=O)NCCCN(C)C)SCCCCCCCCCCCC. The van der Waals surface area contributed by atoms with Gasteiger partial charge >= 0.3 is 0 Å². The molecule has 0 aliphatic heterocycles. The molecular formula is C34H70N2OS2. The molecule has 0 radical (unpaired) electrons. The molecule has 0 bridgehead atoms. The number of nitrogens with one attached hydrogen (secondary N) is 1. The maximum absolute atomic E-state index is 12.4. The van der Waals surface area contributed by atoms with Crippen molar-refractivity contribution in [3.8, 4) is 0 Å². The largest absolute Gasteiger partial charge is 0.356 e. The van der Waals surface area contributed by atoms with Gasteiger partial charge in [0.15, 0.2) is 0 Å². The summed E-state index contributed by atoms with van der Waals surface area (Å²) >= 11 is 4.29. The van der Waals surface area contributed by atoms with Crippen LogP contribution < -0.4 is 5.32 Å². The molecule has 1 N–H and O–H groups in total. The van der Waals surface area contributed by atoms with E-state index in [1.54, 1.807) is 0 Å². The number of carbonyl (C=O) groups is 1. The lowest BCUT2D eigenvalue weighted by Gasteiger charge is -2.17. The van der Waals surface area contributed by atoms with Crippen LogP contribution in [-0.4, -0.2) is 60.5 Å². The van der Waals surface area contributed by atoms with E-state index in [0.29, 0.717) is 11.7 Å². The Kier molecular flexibility index (Phi) is 32.8. The van der Waals surface area contributed by atoms with Crippen LogP contribution in [0.4, 0.5) is 0 Å². The van der Waals surface area contributed by atoms with Crippen molar-refractivity contribution in [3.63, 3.8) is 0 Å². The fraction of sp³-hybridized carbons (Fsp3) is 0.971. The highest BCUT2D eigenvalue weighted by Gasteiger charge is 2.12. The molecule has 0 saturated heterocycles. The van der Waals surface area contributed by atoms with Crippen molar-refractivity contribution in [3.05, 3.63) is 0 Å². The van der Waals surface area contributed by atoms with Gasteiger partial charge in [-0.15, -0.1) is 0 Å². The van der Waals surface area contributed by atoms with Crippen molar-refractivity contribution in [2.45, 2.75) is 167 Å². The summed E-state index contributed by atoms with van der Waals surface area (Å²) < 4.78 is 0. The molecule has 0 aliphatic carbocycles. The second-order valence-electron chi connectivity index (χ2n) is 12.0. The first-order valence-electron chi connectivity index (χ1n) is 17.2. The minimum absolute atomic E-state index is 0.248. The molecule has 0 aromatic rings. The zero-order valence-electron chi connectivity index (χ0n) is 27.0. The van der Waals surface area contributed by atoms with Gasteiger partial charge in [-0.25, -0.2) is 0 Å². The van der Waals surface area contributed by atoms with Gasteiger partial charge < -0.3 is 10.2 Å². The van der Waals surface area contributed by atoms with Crippen molar-refractivity contribution < 1.29 is 4.79 Å². The van der Waals surface area contributed by atoms with Crippen molar-refractivity contribution in [2.75, 3.05) is 44.4 Å². The summed E-state index contributed by atoms with van der Waals surface area (Å²) in [4.78, 5) is 14.6. The van der Waals surface area contributed by atoms with Crippen LogP contribution >= 0.6 is 23.5 Å². The Balaban J connectivity index is 4.00. The Hall–Kier alpha value is 0.130. The monoisotopic (exact) mass is 586 g/mol. The van der Waals surface area contributed by atoms with Crippen LogP contribution in [0.25, 0.3) is 0 Å². The average molecular weight is 587 g/mol. The third-order valence-corrected chi connectivity index (χ3v) is 10.4. The summed E-state index contributed by atoms with van der Waals surface area (Å²) in [6.45, 7) is 6.43. The quantitative estimate of drug-likeness (QED) is 0.0795. The van der Waals surface area contributed by atoms with Gasteiger partial charge in [0.2, 0.25) is 5.91 Å². The maximum atomic E-state index is 12.4. The molecule has 0 aromatic carbocycles. The summed E-state index contributed by atoms with van der Waals surface area (Å²) in [6, 6.07) is 0. The average Bonchev–Trinajstić information content (AvgIpc) is 2.92. The summed E-state index contributed by atoms with van der Waals surface area (Å²) in [5, 5.41) is 3.77. The molecule has 0 aromatic heterocycles. The van der Waals surface area contributed by atoms with Crippen LogP contribution in [0.15, 0.2) is 0 Å². The standard InChI is InChI=1S/C34H70N2OS2/c1-5-7-9-11-13-15-17-19-21-23-30-38-32-33(26-27-34(37)35-28-25-29-36(3)4)39-31-24-22-20-18-16-14-12-10-8-6-2/h33H,5-32H2,1-4H3,(H,35,37). The molecule has 0 rings (SSSR count). The van der Waals surface area contributed by atoms with Crippen LogP contribution in [0.2, 0.25) is 0 Å². The van der Waals surface area contributed by atoms with Crippen LogP contribution in [0, 0.1) is 0 Å². The number of carbonyl (C=O) groups excluding carboxylic acids is 1. The lowest BCUT2D eigenvalue weighted by Crippen LogP contribution is -2.27. The molecule has 39 heavy (non-hydrogen) atoms. The Morgan fingerprint density at radius 2 is 1.10 bits per heavy atom. The summed E-state index contributed by atoms with van der Waals surface area (Å²) in [5.74, 6) is 4.03. The smallest absolute Gasteiger partial charge is 0.220 e. The van der Waals surface area contributed by atoms with Crippen LogP contribution in [-0.2, 0) is 4.79 Å². The summed E-state index contributed by atoms with van der Waals surface area (Å²) in [5.41, 5.74) is 0. The summed E-state index contributed by atoms with van der Waals surface area (Å²) in [6.07, 6.45) is 30.9. The number of hydrogen-bond acceptors (Lipinski definition) is 4. The molecule has 0 saturated carbocycles. The van der Waals surface area contributed by atoms with Crippen LogP contribution in [0.5, 0.6) is 0 Å². The molecule has 1 unspecified atom stereocenters. The number of thioether (sulfide) groups is 2. The zero-order valence-corrected chi connectivity index (χ0v) is 28.7. The third kappa shape index (κ3) is 32.5. The van der Waals surface area contributed by atoms with Gasteiger partial charge in [0.1, 0.15) is 0 Å². The highest BCUT2D eigenvalue weighted by Crippen LogP contribution is 2.24. The fourth-order valence-electron chi connectivity index (χ4n) is 4.96. The molecule has 1 amide bonds. The summed E-state index contributed by atoms with van der Waals surface area (Å²) in [7, 11) is 4.18. The first kappa shape index (κ1) is 39.1. The highest BCUT2D eigenvalue weighted by atomic mass is 32.2. The zero-order chi connectivity index (χ0) is 28.7. The van der Waals surface area contributed by atoms with Crippen LogP contribution in [0.3, 0.4) is 0 Å². The lowest BCUT2D eigenvalue weighted by atomic mass is 10.1. The van der Waals surface area contributed by atoms with E-state index < -0.39 is 0 Å². The Labute approximate surface area is 254 Å². The lowest BCUT2D eigenvalue weighted by molar-refractivity contribution is -0.121. The van der Waals surface area contributed by atoms with Gasteiger partial charge in [-0.05, 0) is 57.8 Å². The van der Waals surface area contributed by atoms with E-state index in [2.05, 4.69) is 61.7 Å². The second kappa shape index (κ2) is 32.6. The van der Waals surface area contributed by atoms with Crippen molar-refractivity contribution in [1.82, 2.24) is 10.2 Å². The molecule has 0 spiro atoms. The van der Waals surface area contributed by atoms with E-state index in [-0.39, 0.29) is 5.91 Å². The van der Waals surface area contributed by atoms with Crippen molar-refractivity contribution in [1.29, 1.82) is 0 Å². The molecule has 0 heterocycles. The minimum Gasteiger partial charge on any atom is -0.356 e. The van der Waals surface area contributed by atoms with Gasteiger partial charge in [-0.3, -0.25) is 4.79 Å². The fourth-order valence-corrected chi connectivity index (χ4v) is 7.63. The molecule has 3 nitrogen and oxygen atoms in total. The van der Waals surface area contributed by atoms with E-state index >= 15 is 0 Å². The Bertz CT molecular complexity index is 490. The van der Waals surface area contributed by atoms with E-state index in [1.807, 2.05) is 0 Å². The second-order valence-corrected chi connectivity index (χ2v) is 14.5. The molecule has 234 valence electrons. The van der Waals surface area contributed by atoms with Gasteiger partial charge in [0, 0.05) is 24.0 Å². The predicted octanol–water partition coefficient (Wildman–Crippen LogP) is 10.5. The third-order valence-electron chi connectivity index (χ3n) is 7.60. The maximum Gasteiger partial charge on any atom is 0.220 e. The molecule has 1 atom stereocenters. The van der Waals surface area contributed by atoms with Gasteiger partial charge in [0.25, 0.3) is 0 Å². The first-order chi connectivity index (χ1) is 19.1. The van der Waals surface area contributed by atoms with Gasteiger partial charge in [-0.1, -0.05) is 129 Å². The predicted molar refractivity (Wildman–Crippen MR) is 183 cm³/mol. The van der Waals surface area contributed by atoms with E-state index in [0.717, 1.165) is 25.9 Å². The van der Waals surface area contributed by atoms with Crippen molar-refractivity contribution >= 4 is 29.4 Å². The molecular weight excluding hydrogens is 517 g/mol. The van der Waals surface area contributed by atoms with E-state index in [4.69, 9.17) is 0 Å². The Morgan fingerprint density at radius 1 is 0.641 bits per heavy atom. The van der Waals surface area contributed by atoms with E-state index in [1.165, 1.54) is 146 Å². The molecule has 5 heteroatoms. The van der Waals surface area contributed by atoms with Gasteiger partial charge in [0.05, 0.1) is 0 Å². The molecule has 0 aliphatic rings. The molecule has 0 fully saturated rings. The van der Waals surface area contributed by atoms with E-state index in [9.17, 15) is 4.79 Å². The first-order valence-corrected chi connectivity index (χ1v) is 19.4. The minimum atomic E-state index is 0.248. The number of rotatable bonds is 32. The highest BCUT2D eigenvalue weighted by molar-refractivity contribution is 8.03. The van der Waals surface area contributed by atoms with Crippen LogP contribution in [0.1, 0.15) is 162 Å².